The van der Waals surface area contributed by atoms with Crippen LogP contribution in [0.3, 0.4) is 0 Å². The van der Waals surface area contributed by atoms with Crippen LogP contribution >= 0.6 is 0 Å². The number of esters is 1. The molecule has 1 aliphatic carbocycles. The fourth-order valence-electron chi connectivity index (χ4n) is 1.21. The summed E-state index contributed by atoms with van der Waals surface area (Å²) in [5.74, 6) is -0.238. The maximum Gasteiger partial charge on any atom is 0.334 e. The second kappa shape index (κ2) is 8.04. The predicted molar refractivity (Wildman–Crippen MR) is 63.6 cm³/mol. The molecule has 2 nitrogen and oxygen atoms in total. The molecule has 0 saturated heterocycles. The van der Waals surface area contributed by atoms with Gasteiger partial charge >= 0.3 is 5.97 Å². The van der Waals surface area contributed by atoms with E-state index in [1.54, 1.807) is 0 Å². The normalized spacial score (nSPS) is 14.1. The molecule has 0 saturated carbocycles. The van der Waals surface area contributed by atoms with Gasteiger partial charge in [-0.15, -0.1) is 0 Å². The van der Waals surface area contributed by atoms with Crippen molar-refractivity contribution in [2.24, 2.45) is 0 Å². The molecule has 0 atom stereocenters. The van der Waals surface area contributed by atoms with E-state index in [4.69, 9.17) is 0 Å². The van der Waals surface area contributed by atoms with Crippen LogP contribution in [0.4, 0.5) is 0 Å². The topological polar surface area (TPSA) is 26.3 Å². The molecular formula is C13H20O2. The predicted octanol–water partition coefficient (Wildman–Crippen LogP) is 3.41. The van der Waals surface area contributed by atoms with Gasteiger partial charge in [0, 0.05) is 5.57 Å². The Morgan fingerprint density at radius 3 is 2.67 bits per heavy atom. The highest BCUT2D eigenvalue weighted by Crippen LogP contribution is 2.14. The molecule has 2 heteroatoms. The summed E-state index contributed by atoms with van der Waals surface area (Å²) in [6, 6.07) is 0. The standard InChI is InChI=1S/C11H14O2.C2H6/c1-3-9-5-4-6-10(8-7-9)11(12)13-2;1-2/h4-7H,3,8H2,1-2H3;1-2H3. The van der Waals surface area contributed by atoms with Crippen molar-refractivity contribution in [2.75, 3.05) is 7.11 Å². The minimum Gasteiger partial charge on any atom is -0.466 e. The van der Waals surface area contributed by atoms with Crippen LogP contribution in [-0.2, 0) is 9.53 Å². The number of carbonyl (C=O) groups excluding carboxylic acids is 1. The molecular weight excluding hydrogens is 188 g/mol. The highest BCUT2D eigenvalue weighted by molar-refractivity contribution is 5.89. The lowest BCUT2D eigenvalue weighted by Crippen LogP contribution is -2.03. The van der Waals surface area contributed by atoms with Crippen LogP contribution in [0.25, 0.3) is 0 Å². The minimum absolute atomic E-state index is 0.238. The van der Waals surface area contributed by atoms with Crippen molar-refractivity contribution in [1.82, 2.24) is 0 Å². The van der Waals surface area contributed by atoms with Crippen molar-refractivity contribution >= 4 is 5.97 Å². The first kappa shape index (κ1) is 13.7. The Balaban J connectivity index is 0.000000921. The number of hydrogen-bond donors (Lipinski definition) is 0. The van der Waals surface area contributed by atoms with Crippen molar-refractivity contribution in [3.8, 4) is 0 Å². The van der Waals surface area contributed by atoms with Crippen LogP contribution in [0.1, 0.15) is 33.6 Å². The highest BCUT2D eigenvalue weighted by atomic mass is 16.5. The summed E-state index contributed by atoms with van der Waals surface area (Å²) < 4.78 is 4.64. The fourth-order valence-corrected chi connectivity index (χ4v) is 1.21. The molecule has 0 N–H and O–H groups in total. The quantitative estimate of drug-likeness (QED) is 0.650. The molecule has 1 aliphatic rings. The minimum atomic E-state index is -0.238. The van der Waals surface area contributed by atoms with Gasteiger partial charge in [-0.2, -0.15) is 0 Å². The van der Waals surface area contributed by atoms with Gasteiger partial charge < -0.3 is 4.74 Å². The molecule has 0 aromatic heterocycles. The lowest BCUT2D eigenvalue weighted by molar-refractivity contribution is -0.136. The number of carbonyl (C=O) groups is 1. The van der Waals surface area contributed by atoms with Gasteiger partial charge in [-0.1, -0.05) is 50.6 Å². The molecule has 0 aromatic carbocycles. The third-order valence-electron chi connectivity index (χ3n) is 2.05. The van der Waals surface area contributed by atoms with E-state index in [2.05, 4.69) is 17.7 Å². The first-order valence-corrected chi connectivity index (χ1v) is 5.42. The van der Waals surface area contributed by atoms with E-state index in [0.717, 1.165) is 6.42 Å². The van der Waals surface area contributed by atoms with Gasteiger partial charge in [0.2, 0.25) is 0 Å². The summed E-state index contributed by atoms with van der Waals surface area (Å²) in [5.41, 5.74) is 1.97. The van der Waals surface area contributed by atoms with E-state index in [9.17, 15) is 4.79 Å². The average Bonchev–Trinajstić information content (AvgIpc) is 2.55. The average molecular weight is 208 g/mol. The number of methoxy groups -OCH3 is 1. The zero-order valence-corrected chi connectivity index (χ0v) is 10.0. The highest BCUT2D eigenvalue weighted by Gasteiger charge is 2.08. The van der Waals surface area contributed by atoms with Crippen LogP contribution < -0.4 is 0 Å². The zero-order valence-electron chi connectivity index (χ0n) is 10.0. The Labute approximate surface area is 92.3 Å². The summed E-state index contributed by atoms with van der Waals surface area (Å²) in [5, 5.41) is 0. The third kappa shape index (κ3) is 4.63. The fraction of sp³-hybridized carbons (Fsp3) is 0.462. The lowest BCUT2D eigenvalue weighted by atomic mass is 10.1. The van der Waals surface area contributed by atoms with Gasteiger partial charge in [0.1, 0.15) is 0 Å². The number of rotatable bonds is 2. The van der Waals surface area contributed by atoms with Crippen LogP contribution in [0.15, 0.2) is 35.5 Å². The van der Waals surface area contributed by atoms with Gasteiger partial charge in [-0.25, -0.2) is 4.79 Å². The first-order valence-electron chi connectivity index (χ1n) is 5.42. The molecule has 0 fully saturated rings. The molecule has 0 amide bonds. The maximum absolute atomic E-state index is 11.2. The molecule has 15 heavy (non-hydrogen) atoms. The first-order chi connectivity index (χ1) is 7.27. The Hall–Kier alpha value is -1.31. The molecule has 1 rings (SSSR count). The van der Waals surface area contributed by atoms with E-state index in [0.29, 0.717) is 12.0 Å². The van der Waals surface area contributed by atoms with Crippen molar-refractivity contribution in [3.05, 3.63) is 35.5 Å². The van der Waals surface area contributed by atoms with E-state index in [-0.39, 0.29) is 5.97 Å². The maximum atomic E-state index is 11.2. The second-order valence-corrected chi connectivity index (χ2v) is 2.88. The number of allylic oxidation sites excluding steroid dienone is 5. The summed E-state index contributed by atoms with van der Waals surface area (Å²) in [6.07, 6.45) is 9.46. The van der Waals surface area contributed by atoms with Gasteiger partial charge in [0.05, 0.1) is 7.11 Å². The molecule has 0 unspecified atom stereocenters. The molecule has 0 radical (unpaired) electrons. The SMILES string of the molecule is CC.CCC1=CCC(C(=O)OC)=CC=C1. The van der Waals surface area contributed by atoms with E-state index < -0.39 is 0 Å². The Morgan fingerprint density at radius 2 is 2.13 bits per heavy atom. The Bertz CT molecular complexity index is 283. The van der Waals surface area contributed by atoms with Gasteiger partial charge in [0.25, 0.3) is 0 Å². The van der Waals surface area contributed by atoms with Crippen molar-refractivity contribution in [2.45, 2.75) is 33.6 Å². The van der Waals surface area contributed by atoms with Crippen LogP contribution in [-0.4, -0.2) is 13.1 Å². The van der Waals surface area contributed by atoms with Gasteiger partial charge in [-0.05, 0) is 12.8 Å². The number of ether oxygens (including phenoxy) is 1. The third-order valence-corrected chi connectivity index (χ3v) is 2.05. The van der Waals surface area contributed by atoms with Crippen molar-refractivity contribution < 1.29 is 9.53 Å². The molecule has 84 valence electrons. The van der Waals surface area contributed by atoms with E-state index in [1.165, 1.54) is 12.7 Å². The Morgan fingerprint density at radius 1 is 1.47 bits per heavy atom. The molecule has 0 spiro atoms. The smallest absolute Gasteiger partial charge is 0.334 e. The van der Waals surface area contributed by atoms with Crippen molar-refractivity contribution in [1.29, 1.82) is 0 Å². The van der Waals surface area contributed by atoms with Crippen LogP contribution in [0.2, 0.25) is 0 Å². The molecule has 0 aliphatic heterocycles. The zero-order chi connectivity index (χ0) is 11.7. The summed E-state index contributed by atoms with van der Waals surface area (Å²) in [4.78, 5) is 11.2. The Kier molecular flexibility index (Phi) is 7.33. The second-order valence-electron chi connectivity index (χ2n) is 2.88. The van der Waals surface area contributed by atoms with Crippen molar-refractivity contribution in [3.63, 3.8) is 0 Å². The van der Waals surface area contributed by atoms with E-state index in [1.807, 2.05) is 32.1 Å². The van der Waals surface area contributed by atoms with Crippen LogP contribution in [0, 0.1) is 0 Å². The van der Waals surface area contributed by atoms with Crippen LogP contribution in [0.5, 0.6) is 0 Å². The summed E-state index contributed by atoms with van der Waals surface area (Å²) in [6.45, 7) is 6.10. The molecule has 0 heterocycles. The molecule has 0 aromatic rings. The lowest BCUT2D eigenvalue weighted by Gasteiger charge is -1.99. The summed E-state index contributed by atoms with van der Waals surface area (Å²) >= 11 is 0. The van der Waals surface area contributed by atoms with Gasteiger partial charge in [-0.3, -0.25) is 0 Å². The number of hydrogen-bond acceptors (Lipinski definition) is 2. The monoisotopic (exact) mass is 208 g/mol. The van der Waals surface area contributed by atoms with E-state index >= 15 is 0 Å². The largest absolute Gasteiger partial charge is 0.466 e. The summed E-state index contributed by atoms with van der Waals surface area (Å²) in [7, 11) is 1.40. The van der Waals surface area contributed by atoms with Gasteiger partial charge in [0.15, 0.2) is 0 Å². The molecule has 0 bridgehead atoms.